The van der Waals surface area contributed by atoms with E-state index in [9.17, 15) is 10.1 Å². The van der Waals surface area contributed by atoms with Crippen LogP contribution in [-0.2, 0) is 6.54 Å². The van der Waals surface area contributed by atoms with E-state index in [1.165, 1.54) is 6.07 Å². The smallest absolute Gasteiger partial charge is 0.274 e. The van der Waals surface area contributed by atoms with Gasteiger partial charge in [-0.2, -0.15) is 0 Å². The number of nitro groups is 1. The minimum atomic E-state index is -0.348. The minimum absolute atomic E-state index is 0.189. The average Bonchev–Trinajstić information content (AvgIpc) is 2.08. The maximum absolute atomic E-state index is 10.6. The van der Waals surface area contributed by atoms with Crippen molar-refractivity contribution < 1.29 is 4.92 Å². The van der Waals surface area contributed by atoms with Crippen LogP contribution in [0.25, 0.3) is 0 Å². The number of hydrogen-bond donors (Lipinski definition) is 1. The van der Waals surface area contributed by atoms with Crippen molar-refractivity contribution in [1.82, 2.24) is 5.32 Å². The summed E-state index contributed by atoms with van der Waals surface area (Å²) in [7, 11) is 1.77. The molecule has 0 aliphatic carbocycles. The minimum Gasteiger partial charge on any atom is -0.315 e. The van der Waals surface area contributed by atoms with Gasteiger partial charge in [-0.1, -0.05) is 12.1 Å². The van der Waals surface area contributed by atoms with E-state index in [4.69, 9.17) is 0 Å². The van der Waals surface area contributed by atoms with Crippen LogP contribution in [0, 0.1) is 17.0 Å². The van der Waals surface area contributed by atoms with Gasteiger partial charge in [-0.25, -0.2) is 0 Å². The summed E-state index contributed by atoms with van der Waals surface area (Å²) >= 11 is 0. The predicted octanol–water partition coefficient (Wildman–Crippen LogP) is 1.62. The van der Waals surface area contributed by atoms with E-state index >= 15 is 0 Å². The summed E-state index contributed by atoms with van der Waals surface area (Å²) in [4.78, 5) is 10.3. The lowest BCUT2D eigenvalue weighted by atomic mass is 10.1. The van der Waals surface area contributed by atoms with Crippen molar-refractivity contribution in [2.75, 3.05) is 7.05 Å². The van der Waals surface area contributed by atoms with Crippen LogP contribution in [-0.4, -0.2) is 12.0 Å². The molecule has 0 aliphatic rings. The lowest BCUT2D eigenvalue weighted by Gasteiger charge is -2.04. The van der Waals surface area contributed by atoms with Crippen LogP contribution in [0.15, 0.2) is 18.2 Å². The molecule has 0 atom stereocenters. The normalized spacial score (nSPS) is 10.0. The molecule has 70 valence electrons. The van der Waals surface area contributed by atoms with Crippen LogP contribution in [0.3, 0.4) is 0 Å². The van der Waals surface area contributed by atoms with Crippen LogP contribution < -0.4 is 5.32 Å². The lowest BCUT2D eigenvalue weighted by molar-refractivity contribution is -0.385. The van der Waals surface area contributed by atoms with Crippen molar-refractivity contribution in [2.45, 2.75) is 13.5 Å². The Balaban J connectivity index is 3.17. The zero-order valence-electron chi connectivity index (χ0n) is 7.70. The molecule has 0 saturated heterocycles. The zero-order valence-corrected chi connectivity index (χ0v) is 7.70. The number of nitrogens with one attached hydrogen (secondary N) is 1. The quantitative estimate of drug-likeness (QED) is 0.568. The summed E-state index contributed by atoms with van der Waals surface area (Å²) in [5.41, 5.74) is 1.90. The van der Waals surface area contributed by atoms with Crippen molar-refractivity contribution in [3.05, 3.63) is 39.4 Å². The molecule has 0 amide bonds. The van der Waals surface area contributed by atoms with Gasteiger partial charge in [0, 0.05) is 18.2 Å². The number of aryl methyl sites for hydroxylation is 1. The third kappa shape index (κ3) is 2.03. The highest BCUT2D eigenvalue weighted by atomic mass is 16.6. The van der Waals surface area contributed by atoms with Crippen molar-refractivity contribution in [1.29, 1.82) is 0 Å². The monoisotopic (exact) mass is 180 g/mol. The van der Waals surface area contributed by atoms with Gasteiger partial charge in [-0.15, -0.1) is 0 Å². The second-order valence-corrected chi connectivity index (χ2v) is 2.86. The van der Waals surface area contributed by atoms with Crippen molar-refractivity contribution >= 4 is 5.69 Å². The summed E-state index contributed by atoms with van der Waals surface area (Å²) < 4.78 is 0. The van der Waals surface area contributed by atoms with Crippen LogP contribution in [0.2, 0.25) is 0 Å². The maximum Gasteiger partial charge on any atom is 0.274 e. The first-order chi connectivity index (χ1) is 6.16. The standard InChI is InChI=1S/C9H12N2O2/c1-7-4-3-5-9(11(12)13)8(7)6-10-2/h3-5,10H,6H2,1-2H3. The van der Waals surface area contributed by atoms with E-state index in [1.807, 2.05) is 13.0 Å². The topological polar surface area (TPSA) is 55.2 Å². The number of nitrogens with zero attached hydrogens (tertiary/aromatic N) is 1. The average molecular weight is 180 g/mol. The maximum atomic E-state index is 10.6. The lowest BCUT2D eigenvalue weighted by Crippen LogP contribution is -2.09. The Labute approximate surface area is 76.7 Å². The third-order valence-corrected chi connectivity index (χ3v) is 1.94. The van der Waals surface area contributed by atoms with Crippen molar-refractivity contribution in [3.8, 4) is 0 Å². The van der Waals surface area contributed by atoms with Gasteiger partial charge in [-0.3, -0.25) is 10.1 Å². The van der Waals surface area contributed by atoms with Crippen LogP contribution >= 0.6 is 0 Å². The van der Waals surface area contributed by atoms with E-state index in [0.717, 1.165) is 11.1 Å². The molecule has 0 spiro atoms. The Morgan fingerprint density at radius 1 is 1.54 bits per heavy atom. The van der Waals surface area contributed by atoms with Gasteiger partial charge in [0.15, 0.2) is 0 Å². The second-order valence-electron chi connectivity index (χ2n) is 2.86. The van der Waals surface area contributed by atoms with E-state index in [0.29, 0.717) is 6.54 Å². The highest BCUT2D eigenvalue weighted by molar-refractivity contribution is 5.44. The van der Waals surface area contributed by atoms with Gasteiger partial charge in [0.25, 0.3) is 5.69 Å². The molecule has 1 aromatic carbocycles. The van der Waals surface area contributed by atoms with Gasteiger partial charge >= 0.3 is 0 Å². The summed E-state index contributed by atoms with van der Waals surface area (Å²) in [6.45, 7) is 2.41. The summed E-state index contributed by atoms with van der Waals surface area (Å²) in [5, 5.41) is 13.5. The molecule has 0 saturated carbocycles. The molecule has 0 heterocycles. The van der Waals surface area contributed by atoms with E-state index in [1.54, 1.807) is 13.1 Å². The molecule has 0 bridgehead atoms. The van der Waals surface area contributed by atoms with Crippen LogP contribution in [0.1, 0.15) is 11.1 Å². The molecular weight excluding hydrogens is 168 g/mol. The predicted molar refractivity (Wildman–Crippen MR) is 50.6 cm³/mol. The molecule has 0 fully saturated rings. The van der Waals surface area contributed by atoms with Gasteiger partial charge in [0.1, 0.15) is 0 Å². The molecule has 0 unspecified atom stereocenters. The Bertz CT molecular complexity index is 323. The molecule has 1 N–H and O–H groups in total. The number of hydrogen-bond acceptors (Lipinski definition) is 3. The molecule has 0 aromatic heterocycles. The van der Waals surface area contributed by atoms with Gasteiger partial charge in [0.2, 0.25) is 0 Å². The van der Waals surface area contributed by atoms with Crippen molar-refractivity contribution in [3.63, 3.8) is 0 Å². The van der Waals surface area contributed by atoms with Crippen LogP contribution in [0.5, 0.6) is 0 Å². The van der Waals surface area contributed by atoms with E-state index in [2.05, 4.69) is 5.32 Å². The van der Waals surface area contributed by atoms with Gasteiger partial charge < -0.3 is 5.32 Å². The fraction of sp³-hybridized carbons (Fsp3) is 0.333. The van der Waals surface area contributed by atoms with Crippen molar-refractivity contribution in [2.24, 2.45) is 0 Å². The molecule has 0 aliphatic heterocycles. The third-order valence-electron chi connectivity index (χ3n) is 1.94. The van der Waals surface area contributed by atoms with E-state index in [-0.39, 0.29) is 10.6 Å². The number of rotatable bonds is 3. The highest BCUT2D eigenvalue weighted by Crippen LogP contribution is 2.21. The second kappa shape index (κ2) is 4.00. The molecule has 1 aromatic rings. The Morgan fingerprint density at radius 3 is 2.77 bits per heavy atom. The number of benzene rings is 1. The Hall–Kier alpha value is -1.42. The Morgan fingerprint density at radius 2 is 2.23 bits per heavy atom. The first-order valence-electron chi connectivity index (χ1n) is 4.04. The zero-order chi connectivity index (χ0) is 9.84. The highest BCUT2D eigenvalue weighted by Gasteiger charge is 2.13. The Kier molecular flexibility index (Phi) is 2.97. The first-order valence-corrected chi connectivity index (χ1v) is 4.04. The molecule has 1 rings (SSSR count). The first kappa shape index (κ1) is 9.67. The fourth-order valence-electron chi connectivity index (χ4n) is 1.26. The number of nitro benzene ring substituents is 1. The molecule has 4 nitrogen and oxygen atoms in total. The van der Waals surface area contributed by atoms with Gasteiger partial charge in [0.05, 0.1) is 4.92 Å². The fourth-order valence-corrected chi connectivity index (χ4v) is 1.26. The summed E-state index contributed by atoms with van der Waals surface area (Å²) in [5.74, 6) is 0. The molecule has 0 radical (unpaired) electrons. The SMILES string of the molecule is CNCc1c(C)cccc1[N+](=O)[O-]. The summed E-state index contributed by atoms with van der Waals surface area (Å²) in [6, 6.07) is 5.10. The van der Waals surface area contributed by atoms with Crippen LogP contribution in [0.4, 0.5) is 5.69 Å². The molecular formula is C9H12N2O2. The summed E-state index contributed by atoms with van der Waals surface area (Å²) in [6.07, 6.45) is 0. The molecule has 4 heteroatoms. The van der Waals surface area contributed by atoms with E-state index < -0.39 is 0 Å². The van der Waals surface area contributed by atoms with Gasteiger partial charge in [-0.05, 0) is 19.5 Å². The molecule has 13 heavy (non-hydrogen) atoms. The largest absolute Gasteiger partial charge is 0.315 e.